The molecule has 0 N–H and O–H groups in total. The molecule has 0 rings (SSSR count). The van der Waals surface area contributed by atoms with Crippen LogP contribution in [0.2, 0.25) is 0 Å². The molecule has 0 saturated carbocycles. The zero-order valence-electron chi connectivity index (χ0n) is 5.88. The Morgan fingerprint density at radius 1 is 1.67 bits per heavy atom. The van der Waals surface area contributed by atoms with Crippen LogP contribution in [0.3, 0.4) is 0 Å². The first-order valence-corrected chi connectivity index (χ1v) is 3.07. The minimum absolute atomic E-state index is 0.344. The number of thiocarbonyl (C=S) groups is 1. The number of hydroxylamine groups is 2. The van der Waals surface area contributed by atoms with E-state index in [1.54, 1.807) is 7.05 Å². The van der Waals surface area contributed by atoms with Crippen LogP contribution in [-0.2, 0) is 9.57 Å². The first-order valence-electron chi connectivity index (χ1n) is 2.67. The molecule has 0 amide bonds. The molecule has 0 heterocycles. The van der Waals surface area contributed by atoms with Gasteiger partial charge >= 0.3 is 0 Å². The van der Waals surface area contributed by atoms with E-state index < -0.39 is 0 Å². The quantitative estimate of drug-likeness (QED) is 0.427. The third-order valence-corrected chi connectivity index (χ3v) is 1.18. The van der Waals surface area contributed by atoms with E-state index in [9.17, 15) is 0 Å². The summed E-state index contributed by atoms with van der Waals surface area (Å²) in [6.07, 6.45) is 0. The summed E-state index contributed by atoms with van der Waals surface area (Å²) >= 11 is 4.72. The van der Waals surface area contributed by atoms with Crippen LogP contribution in [0.4, 0.5) is 0 Å². The summed E-state index contributed by atoms with van der Waals surface area (Å²) in [5, 5.41) is 1.76. The van der Waals surface area contributed by atoms with Gasteiger partial charge in [0.2, 0.25) is 0 Å². The monoisotopic (exact) mass is 149 g/mol. The maximum Gasteiger partial charge on any atom is 0.283 e. The second-order valence-corrected chi connectivity index (χ2v) is 1.73. The van der Waals surface area contributed by atoms with Crippen LogP contribution in [0.5, 0.6) is 0 Å². The molecule has 0 aliphatic heterocycles. The third kappa shape index (κ3) is 3.26. The van der Waals surface area contributed by atoms with Gasteiger partial charge in [-0.15, -0.1) is 0 Å². The minimum Gasteiger partial charge on any atom is -0.473 e. The third-order valence-electron chi connectivity index (χ3n) is 0.754. The van der Waals surface area contributed by atoms with Gasteiger partial charge in [0.05, 0.1) is 13.7 Å². The highest BCUT2D eigenvalue weighted by Gasteiger charge is 2.00. The van der Waals surface area contributed by atoms with Crippen LogP contribution in [0.1, 0.15) is 6.92 Å². The molecule has 0 fully saturated rings. The second-order valence-electron chi connectivity index (χ2n) is 1.39. The van der Waals surface area contributed by atoms with E-state index in [0.717, 1.165) is 0 Å². The van der Waals surface area contributed by atoms with Crippen LogP contribution in [0.25, 0.3) is 0 Å². The number of hydrogen-bond donors (Lipinski definition) is 0. The van der Waals surface area contributed by atoms with Crippen LogP contribution in [0.15, 0.2) is 0 Å². The number of nitrogens with zero attached hydrogens (tertiary/aromatic N) is 1. The lowest BCUT2D eigenvalue weighted by atomic mass is 10.9. The first-order chi connectivity index (χ1) is 4.22. The molecule has 0 atom stereocenters. The molecule has 0 radical (unpaired) electrons. The summed E-state index contributed by atoms with van der Waals surface area (Å²) in [5.74, 6) is 0. The van der Waals surface area contributed by atoms with Gasteiger partial charge in [-0.2, -0.15) is 0 Å². The molecule has 4 heteroatoms. The zero-order valence-corrected chi connectivity index (χ0v) is 6.70. The Morgan fingerprint density at radius 3 is 2.56 bits per heavy atom. The first kappa shape index (κ1) is 8.65. The highest BCUT2D eigenvalue weighted by atomic mass is 32.1. The van der Waals surface area contributed by atoms with E-state index >= 15 is 0 Å². The molecule has 3 nitrogen and oxygen atoms in total. The fraction of sp³-hybridized carbons (Fsp3) is 0.800. The van der Waals surface area contributed by atoms with E-state index in [1.807, 2.05) is 6.92 Å². The Labute approximate surface area is 60.5 Å². The number of hydrogen-bond acceptors (Lipinski definition) is 3. The summed E-state index contributed by atoms with van der Waals surface area (Å²) in [7, 11) is 3.22. The average molecular weight is 149 g/mol. The topological polar surface area (TPSA) is 21.7 Å². The molecule has 9 heavy (non-hydrogen) atoms. The molecule has 0 unspecified atom stereocenters. The standard InChI is InChI=1S/C5H11NO2S/c1-4-8-6(2)5(9)7-3/h4H2,1-3H3. The maximum atomic E-state index is 4.96. The summed E-state index contributed by atoms with van der Waals surface area (Å²) in [6, 6.07) is 0. The number of methoxy groups -OCH3 is 1. The van der Waals surface area contributed by atoms with Crippen molar-refractivity contribution in [2.24, 2.45) is 0 Å². The fourth-order valence-corrected chi connectivity index (χ4v) is 0.428. The molecule has 54 valence electrons. The largest absolute Gasteiger partial charge is 0.473 e. The molecular formula is C5H11NO2S. The lowest BCUT2D eigenvalue weighted by Crippen LogP contribution is -2.26. The summed E-state index contributed by atoms with van der Waals surface area (Å²) in [6.45, 7) is 2.48. The average Bonchev–Trinajstić information content (AvgIpc) is 1.87. The Kier molecular flexibility index (Phi) is 4.35. The van der Waals surface area contributed by atoms with Gasteiger partial charge in [0.1, 0.15) is 0 Å². The van der Waals surface area contributed by atoms with E-state index in [2.05, 4.69) is 0 Å². The molecule has 0 aromatic heterocycles. The zero-order chi connectivity index (χ0) is 7.28. The van der Waals surface area contributed by atoms with E-state index in [0.29, 0.717) is 11.8 Å². The Bertz CT molecular complexity index is 97.0. The van der Waals surface area contributed by atoms with Gasteiger partial charge in [0.15, 0.2) is 0 Å². The van der Waals surface area contributed by atoms with Crippen molar-refractivity contribution < 1.29 is 9.57 Å². The Hall–Kier alpha value is -0.350. The van der Waals surface area contributed by atoms with Crippen molar-refractivity contribution in [2.45, 2.75) is 6.92 Å². The highest BCUT2D eigenvalue weighted by molar-refractivity contribution is 7.79. The van der Waals surface area contributed by atoms with Crippen molar-refractivity contribution in [3.8, 4) is 0 Å². The fourth-order valence-electron chi connectivity index (χ4n) is 0.375. The molecule has 0 aliphatic carbocycles. The summed E-state index contributed by atoms with van der Waals surface area (Å²) < 4.78 is 4.70. The minimum atomic E-state index is 0.344. The van der Waals surface area contributed by atoms with E-state index in [4.69, 9.17) is 21.8 Å². The van der Waals surface area contributed by atoms with Gasteiger partial charge in [0, 0.05) is 7.05 Å². The molecule has 0 saturated heterocycles. The van der Waals surface area contributed by atoms with E-state index in [1.165, 1.54) is 12.2 Å². The normalized spacial score (nSPS) is 8.78. The molecule has 0 bridgehead atoms. The number of ether oxygens (including phenoxy) is 1. The van der Waals surface area contributed by atoms with Gasteiger partial charge in [-0.1, -0.05) is 0 Å². The molecule has 0 aliphatic rings. The maximum absolute atomic E-state index is 4.96. The predicted octanol–water partition coefficient (Wildman–Crippen LogP) is 0.801. The van der Waals surface area contributed by atoms with Gasteiger partial charge in [0.25, 0.3) is 5.17 Å². The van der Waals surface area contributed by atoms with Crippen molar-refractivity contribution in [2.75, 3.05) is 20.8 Å². The molecule has 0 aromatic carbocycles. The predicted molar refractivity (Wildman–Crippen MR) is 39.0 cm³/mol. The molecule has 0 spiro atoms. The SMILES string of the molecule is CCON(C)C(=S)OC. The van der Waals surface area contributed by atoms with Crippen molar-refractivity contribution in [3.63, 3.8) is 0 Å². The van der Waals surface area contributed by atoms with Crippen LogP contribution in [-0.4, -0.2) is 31.0 Å². The van der Waals surface area contributed by atoms with Crippen molar-refractivity contribution in [3.05, 3.63) is 0 Å². The molecule has 0 aromatic rings. The van der Waals surface area contributed by atoms with Crippen LogP contribution < -0.4 is 0 Å². The summed E-state index contributed by atoms with van der Waals surface area (Å²) in [5.41, 5.74) is 0. The summed E-state index contributed by atoms with van der Waals surface area (Å²) in [4.78, 5) is 4.96. The van der Waals surface area contributed by atoms with Crippen molar-refractivity contribution in [1.82, 2.24) is 5.06 Å². The Morgan fingerprint density at radius 2 is 2.22 bits per heavy atom. The highest BCUT2D eigenvalue weighted by Crippen LogP contribution is 1.88. The van der Waals surface area contributed by atoms with Crippen LogP contribution >= 0.6 is 12.2 Å². The van der Waals surface area contributed by atoms with Gasteiger partial charge < -0.3 is 4.74 Å². The van der Waals surface area contributed by atoms with Crippen LogP contribution in [0, 0.1) is 0 Å². The lowest BCUT2D eigenvalue weighted by molar-refractivity contribution is -0.0853. The van der Waals surface area contributed by atoms with Gasteiger partial charge in [-0.05, 0) is 19.1 Å². The second kappa shape index (κ2) is 4.52. The van der Waals surface area contributed by atoms with Gasteiger partial charge in [-0.25, -0.2) is 5.06 Å². The van der Waals surface area contributed by atoms with Crippen molar-refractivity contribution in [1.29, 1.82) is 0 Å². The Balaban J connectivity index is 3.45. The smallest absolute Gasteiger partial charge is 0.283 e. The lowest BCUT2D eigenvalue weighted by Gasteiger charge is -2.15. The molecular weight excluding hydrogens is 138 g/mol. The van der Waals surface area contributed by atoms with Gasteiger partial charge in [-0.3, -0.25) is 4.84 Å². The van der Waals surface area contributed by atoms with Crippen molar-refractivity contribution >= 4 is 17.4 Å². The van der Waals surface area contributed by atoms with E-state index in [-0.39, 0.29) is 0 Å². The number of rotatable bonds is 2.